The molecule has 62 heavy (non-hydrogen) atoms. The highest BCUT2D eigenvalue weighted by atomic mass is 16.3. The fourth-order valence-corrected chi connectivity index (χ4v) is 10.3. The molecule has 0 fully saturated rings. The summed E-state index contributed by atoms with van der Waals surface area (Å²) in [6.07, 6.45) is 0. The summed E-state index contributed by atoms with van der Waals surface area (Å²) in [5, 5.41) is 2.16. The Morgan fingerprint density at radius 1 is 0.290 bits per heavy atom. The first-order valence-corrected chi connectivity index (χ1v) is 21.1. The van der Waals surface area contributed by atoms with Crippen LogP contribution < -0.4 is 0 Å². The number of para-hydroxylation sites is 1. The molecule has 11 aromatic rings. The lowest BCUT2D eigenvalue weighted by Crippen LogP contribution is -2.25. The molecule has 9 aromatic carbocycles. The molecule has 288 valence electrons. The van der Waals surface area contributed by atoms with Crippen LogP contribution in [0.2, 0.25) is 0 Å². The molecule has 0 atom stereocenters. The SMILES string of the molecule is c1ccc(-c2nc(-c3cccc(-c4ccc(-c5cccc6c5-c5ccccc5C65c6ccccc6-c6ccccc65)cc4)c3)nc(-c3ccc4c(c3)oc3ccccc34)n2)cc1. The Bertz CT molecular complexity index is 3540. The molecule has 2 aliphatic carbocycles. The number of furan rings is 1. The Morgan fingerprint density at radius 3 is 1.52 bits per heavy atom. The third-order valence-electron chi connectivity index (χ3n) is 13.0. The van der Waals surface area contributed by atoms with Gasteiger partial charge in [0.2, 0.25) is 0 Å². The number of nitrogens with zero attached hydrogens (tertiary/aromatic N) is 3. The molecule has 0 N–H and O–H groups in total. The minimum Gasteiger partial charge on any atom is -0.456 e. The highest BCUT2D eigenvalue weighted by Crippen LogP contribution is 2.63. The Hall–Kier alpha value is -8.21. The zero-order chi connectivity index (χ0) is 40.8. The van der Waals surface area contributed by atoms with Crippen molar-refractivity contribution in [2.24, 2.45) is 0 Å². The van der Waals surface area contributed by atoms with Gasteiger partial charge in [0.1, 0.15) is 11.2 Å². The van der Waals surface area contributed by atoms with E-state index in [1.807, 2.05) is 54.6 Å². The van der Waals surface area contributed by atoms with Crippen LogP contribution in [0.5, 0.6) is 0 Å². The Labute approximate surface area is 358 Å². The molecular weight excluding hydrogens is 755 g/mol. The molecule has 2 aliphatic rings. The lowest BCUT2D eigenvalue weighted by molar-refractivity contribution is 0.669. The molecule has 0 bridgehead atoms. The molecule has 0 aliphatic heterocycles. The largest absolute Gasteiger partial charge is 0.456 e. The van der Waals surface area contributed by atoms with E-state index in [0.29, 0.717) is 17.5 Å². The Balaban J connectivity index is 0.897. The van der Waals surface area contributed by atoms with Gasteiger partial charge >= 0.3 is 0 Å². The van der Waals surface area contributed by atoms with Crippen LogP contribution in [0.15, 0.2) is 217 Å². The fourth-order valence-electron chi connectivity index (χ4n) is 10.3. The van der Waals surface area contributed by atoms with Crippen LogP contribution in [0.25, 0.3) is 101 Å². The maximum atomic E-state index is 6.26. The van der Waals surface area contributed by atoms with Crippen LogP contribution in [-0.2, 0) is 5.41 Å². The van der Waals surface area contributed by atoms with E-state index in [-0.39, 0.29) is 5.41 Å². The number of aromatic nitrogens is 3. The van der Waals surface area contributed by atoms with Crippen molar-refractivity contribution in [2.75, 3.05) is 0 Å². The lowest BCUT2D eigenvalue weighted by Gasteiger charge is -2.30. The third-order valence-corrected chi connectivity index (χ3v) is 13.0. The normalized spacial score (nSPS) is 13.0. The second-order valence-corrected chi connectivity index (χ2v) is 16.3. The van der Waals surface area contributed by atoms with Crippen LogP contribution in [0.3, 0.4) is 0 Å². The van der Waals surface area contributed by atoms with Gasteiger partial charge in [-0.1, -0.05) is 188 Å². The summed E-state index contributed by atoms with van der Waals surface area (Å²) in [5.41, 5.74) is 19.3. The van der Waals surface area contributed by atoms with E-state index < -0.39 is 0 Å². The smallest absolute Gasteiger partial charge is 0.164 e. The number of hydrogen-bond donors (Lipinski definition) is 0. The monoisotopic (exact) mass is 789 g/mol. The molecule has 0 saturated heterocycles. The van der Waals surface area contributed by atoms with Gasteiger partial charge in [0.15, 0.2) is 17.5 Å². The molecule has 0 amide bonds. The van der Waals surface area contributed by atoms with E-state index in [2.05, 4.69) is 158 Å². The summed E-state index contributed by atoms with van der Waals surface area (Å²) in [6, 6.07) is 75.8. The highest BCUT2D eigenvalue weighted by molar-refractivity contribution is 6.06. The molecule has 1 spiro atoms. The van der Waals surface area contributed by atoms with E-state index in [1.165, 1.54) is 55.6 Å². The van der Waals surface area contributed by atoms with Gasteiger partial charge in [-0.15, -0.1) is 0 Å². The van der Waals surface area contributed by atoms with Gasteiger partial charge in [-0.3, -0.25) is 0 Å². The van der Waals surface area contributed by atoms with Gasteiger partial charge in [0, 0.05) is 27.5 Å². The third kappa shape index (κ3) is 5.04. The molecule has 4 heteroatoms. The number of rotatable bonds is 5. The van der Waals surface area contributed by atoms with Crippen molar-refractivity contribution in [2.45, 2.75) is 5.41 Å². The predicted molar refractivity (Wildman–Crippen MR) is 251 cm³/mol. The van der Waals surface area contributed by atoms with Gasteiger partial charge in [0.25, 0.3) is 0 Å². The second kappa shape index (κ2) is 13.4. The molecule has 2 heterocycles. The lowest BCUT2D eigenvalue weighted by atomic mass is 9.70. The van der Waals surface area contributed by atoms with Crippen molar-refractivity contribution in [3.8, 4) is 78.7 Å². The zero-order valence-corrected chi connectivity index (χ0v) is 33.5. The second-order valence-electron chi connectivity index (χ2n) is 16.3. The van der Waals surface area contributed by atoms with Crippen molar-refractivity contribution in [1.29, 1.82) is 0 Å². The van der Waals surface area contributed by atoms with Gasteiger partial charge in [-0.05, 0) is 91.0 Å². The van der Waals surface area contributed by atoms with Crippen LogP contribution in [0.4, 0.5) is 0 Å². The average molecular weight is 790 g/mol. The van der Waals surface area contributed by atoms with Gasteiger partial charge in [-0.25, -0.2) is 15.0 Å². The first kappa shape index (κ1) is 34.6. The molecule has 0 unspecified atom stereocenters. The highest BCUT2D eigenvalue weighted by Gasteiger charge is 2.51. The number of fused-ring (bicyclic) bond motifs is 13. The van der Waals surface area contributed by atoms with Crippen LogP contribution in [0.1, 0.15) is 22.3 Å². The maximum Gasteiger partial charge on any atom is 0.164 e. The summed E-state index contributed by atoms with van der Waals surface area (Å²) in [5.74, 6) is 1.82. The predicted octanol–water partition coefficient (Wildman–Crippen LogP) is 14.4. The summed E-state index contributed by atoms with van der Waals surface area (Å²) >= 11 is 0. The van der Waals surface area contributed by atoms with Gasteiger partial charge in [0.05, 0.1) is 5.41 Å². The molecule has 2 aromatic heterocycles. The summed E-state index contributed by atoms with van der Waals surface area (Å²) in [6.45, 7) is 0. The van der Waals surface area contributed by atoms with Gasteiger partial charge in [-0.2, -0.15) is 0 Å². The van der Waals surface area contributed by atoms with Gasteiger partial charge < -0.3 is 4.42 Å². The van der Waals surface area contributed by atoms with Crippen molar-refractivity contribution in [3.63, 3.8) is 0 Å². The summed E-state index contributed by atoms with van der Waals surface area (Å²) in [4.78, 5) is 15.1. The Kier molecular flexibility index (Phi) is 7.49. The minimum atomic E-state index is -0.370. The molecule has 4 nitrogen and oxygen atoms in total. The minimum absolute atomic E-state index is 0.370. The topological polar surface area (TPSA) is 51.8 Å². The quantitative estimate of drug-likeness (QED) is 0.174. The van der Waals surface area contributed by atoms with E-state index in [9.17, 15) is 0 Å². The standard InChI is InChI=1S/C58H35N3O/c1-2-14-38(15-3-1)55-59-56(61-57(60-55)41-32-33-46-45-20-7-11-27-52(45)62-53(46)35-41)40-17-12-16-39(34-40)36-28-30-37(31-29-36)42-22-13-26-51-54(42)47-21-6-10-25-50(47)58(51)48-23-8-4-18-43(48)44-19-5-9-24-49(44)58/h1-35H. The van der Waals surface area contributed by atoms with Crippen molar-refractivity contribution >= 4 is 21.9 Å². The first-order chi connectivity index (χ1) is 30.7. The zero-order valence-electron chi connectivity index (χ0n) is 33.5. The van der Waals surface area contributed by atoms with Crippen molar-refractivity contribution in [1.82, 2.24) is 15.0 Å². The molecule has 13 rings (SSSR count). The summed E-state index contributed by atoms with van der Waals surface area (Å²) in [7, 11) is 0. The maximum absolute atomic E-state index is 6.26. The van der Waals surface area contributed by atoms with E-state index in [4.69, 9.17) is 19.4 Å². The molecular formula is C58H35N3O. The van der Waals surface area contributed by atoms with Crippen molar-refractivity contribution in [3.05, 3.63) is 235 Å². The number of benzene rings is 9. The Morgan fingerprint density at radius 2 is 0.774 bits per heavy atom. The molecule has 0 radical (unpaired) electrons. The fraction of sp³-hybridized carbons (Fsp3) is 0.0172. The van der Waals surface area contributed by atoms with Crippen molar-refractivity contribution < 1.29 is 4.42 Å². The van der Waals surface area contributed by atoms with Crippen LogP contribution in [-0.4, -0.2) is 15.0 Å². The first-order valence-electron chi connectivity index (χ1n) is 21.1. The summed E-state index contributed by atoms with van der Waals surface area (Å²) < 4.78 is 6.26. The van der Waals surface area contributed by atoms with Crippen LogP contribution in [0, 0.1) is 0 Å². The number of hydrogen-bond acceptors (Lipinski definition) is 4. The average Bonchev–Trinajstić information content (AvgIpc) is 3.98. The van der Waals surface area contributed by atoms with Crippen LogP contribution >= 0.6 is 0 Å². The molecule has 0 saturated carbocycles. The van der Waals surface area contributed by atoms with E-state index in [1.54, 1.807) is 0 Å². The van der Waals surface area contributed by atoms with E-state index >= 15 is 0 Å². The van der Waals surface area contributed by atoms with E-state index in [0.717, 1.165) is 49.8 Å².